The molecule has 0 unspecified atom stereocenters. The van der Waals surface area contributed by atoms with Gasteiger partial charge in [-0.05, 0) is 47.1 Å². The van der Waals surface area contributed by atoms with Crippen molar-refractivity contribution in [3.8, 4) is 11.1 Å². The van der Waals surface area contributed by atoms with Gasteiger partial charge in [0.1, 0.15) is 0 Å². The quantitative estimate of drug-likeness (QED) is 0.791. The largest absolute Gasteiger partial charge is 0.294 e. The average molecular weight is 264 g/mol. The Kier molecular flexibility index (Phi) is 3.43. The van der Waals surface area contributed by atoms with Crippen molar-refractivity contribution in [1.29, 1.82) is 0 Å². The molecule has 0 saturated carbocycles. The third-order valence-corrected chi connectivity index (χ3v) is 4.33. The second-order valence-electron chi connectivity index (χ2n) is 5.45. The molecule has 102 valence electrons. The first-order valence-electron chi connectivity index (χ1n) is 7.51. The number of aryl methyl sites for hydroxylation is 2. The Balaban J connectivity index is 2.21. The molecule has 1 aliphatic rings. The molecular weight excluding hydrogens is 244 g/mol. The molecule has 0 bridgehead atoms. The summed E-state index contributed by atoms with van der Waals surface area (Å²) in [5, 5.41) is 0. The summed E-state index contributed by atoms with van der Waals surface area (Å²) >= 11 is 0. The van der Waals surface area contributed by atoms with E-state index in [2.05, 4.69) is 38.1 Å². The molecule has 1 aliphatic carbocycles. The Hall–Kier alpha value is -1.89. The normalized spacial score (nSPS) is 13.6. The van der Waals surface area contributed by atoms with Crippen molar-refractivity contribution in [2.45, 2.75) is 39.5 Å². The van der Waals surface area contributed by atoms with Crippen LogP contribution in [0.2, 0.25) is 0 Å². The van der Waals surface area contributed by atoms with Gasteiger partial charge >= 0.3 is 0 Å². The minimum atomic E-state index is 0.298. The number of carbonyl (C=O) groups is 1. The number of rotatable bonds is 3. The lowest BCUT2D eigenvalue weighted by Crippen LogP contribution is -1.96. The van der Waals surface area contributed by atoms with Crippen LogP contribution in [-0.2, 0) is 19.3 Å². The molecule has 1 nitrogen and oxygen atoms in total. The number of carbonyl (C=O) groups excluding carboxylic acids is 1. The molecule has 0 atom stereocenters. The molecule has 20 heavy (non-hydrogen) atoms. The lowest BCUT2D eigenvalue weighted by atomic mass is 9.91. The Morgan fingerprint density at radius 2 is 1.70 bits per heavy atom. The minimum absolute atomic E-state index is 0.298. The SMILES string of the molecule is CCc1ccc(CC)c(-c2cccc3c2CCC3=O)c1. The van der Waals surface area contributed by atoms with Gasteiger partial charge in [-0.25, -0.2) is 0 Å². The van der Waals surface area contributed by atoms with E-state index in [1.807, 2.05) is 12.1 Å². The van der Waals surface area contributed by atoms with E-state index in [-0.39, 0.29) is 0 Å². The molecule has 1 heteroatoms. The smallest absolute Gasteiger partial charge is 0.163 e. The van der Waals surface area contributed by atoms with E-state index in [4.69, 9.17) is 0 Å². The zero-order valence-corrected chi connectivity index (χ0v) is 12.2. The lowest BCUT2D eigenvalue weighted by molar-refractivity contribution is 0.0994. The fourth-order valence-corrected chi connectivity index (χ4v) is 3.15. The van der Waals surface area contributed by atoms with Gasteiger partial charge in [-0.2, -0.15) is 0 Å². The van der Waals surface area contributed by atoms with Crippen molar-refractivity contribution in [2.75, 3.05) is 0 Å². The van der Waals surface area contributed by atoms with Crippen LogP contribution in [-0.4, -0.2) is 5.78 Å². The highest BCUT2D eigenvalue weighted by Crippen LogP contribution is 2.34. The van der Waals surface area contributed by atoms with Gasteiger partial charge in [0, 0.05) is 12.0 Å². The van der Waals surface area contributed by atoms with Gasteiger partial charge in [-0.3, -0.25) is 4.79 Å². The Bertz CT molecular complexity index is 667. The fourth-order valence-electron chi connectivity index (χ4n) is 3.15. The summed E-state index contributed by atoms with van der Waals surface area (Å²) in [7, 11) is 0. The molecule has 0 saturated heterocycles. The maximum Gasteiger partial charge on any atom is 0.163 e. The van der Waals surface area contributed by atoms with Crippen LogP contribution in [0.1, 0.15) is 47.3 Å². The molecule has 0 heterocycles. The molecular formula is C19H20O. The Morgan fingerprint density at radius 3 is 2.45 bits per heavy atom. The number of ketones is 1. The van der Waals surface area contributed by atoms with Crippen molar-refractivity contribution >= 4 is 5.78 Å². The maximum absolute atomic E-state index is 11.9. The van der Waals surface area contributed by atoms with Gasteiger partial charge in [-0.15, -0.1) is 0 Å². The first-order chi connectivity index (χ1) is 9.74. The Labute approximate surface area is 120 Å². The summed E-state index contributed by atoms with van der Waals surface area (Å²) in [4.78, 5) is 11.9. The summed E-state index contributed by atoms with van der Waals surface area (Å²) in [6, 6.07) is 12.9. The van der Waals surface area contributed by atoms with Crippen molar-refractivity contribution < 1.29 is 4.79 Å². The van der Waals surface area contributed by atoms with Gasteiger partial charge in [0.25, 0.3) is 0 Å². The van der Waals surface area contributed by atoms with Gasteiger partial charge in [-0.1, -0.05) is 50.2 Å². The molecule has 0 N–H and O–H groups in total. The van der Waals surface area contributed by atoms with Crippen LogP contribution in [0.5, 0.6) is 0 Å². The van der Waals surface area contributed by atoms with Crippen molar-refractivity contribution in [1.82, 2.24) is 0 Å². The molecule has 0 spiro atoms. The number of benzene rings is 2. The molecule has 3 rings (SSSR count). The van der Waals surface area contributed by atoms with Crippen molar-refractivity contribution in [3.63, 3.8) is 0 Å². The topological polar surface area (TPSA) is 17.1 Å². The van der Waals surface area contributed by atoms with Crippen LogP contribution in [0.3, 0.4) is 0 Å². The number of Topliss-reactive ketones (excluding diaryl/α,β-unsaturated/α-hetero) is 1. The highest BCUT2D eigenvalue weighted by Gasteiger charge is 2.23. The van der Waals surface area contributed by atoms with Gasteiger partial charge < -0.3 is 0 Å². The fraction of sp³-hybridized carbons (Fsp3) is 0.316. The molecule has 0 amide bonds. The second kappa shape index (κ2) is 5.24. The van der Waals surface area contributed by atoms with Crippen LogP contribution in [0, 0.1) is 0 Å². The van der Waals surface area contributed by atoms with E-state index in [0.717, 1.165) is 24.8 Å². The number of hydrogen-bond donors (Lipinski definition) is 0. The first kappa shape index (κ1) is 13.1. The summed E-state index contributed by atoms with van der Waals surface area (Å²) in [6.07, 6.45) is 3.63. The van der Waals surface area contributed by atoms with Crippen molar-refractivity contribution in [3.05, 3.63) is 58.7 Å². The highest BCUT2D eigenvalue weighted by molar-refractivity contribution is 6.02. The predicted octanol–water partition coefficient (Wildman–Crippen LogP) is 4.61. The van der Waals surface area contributed by atoms with Crippen LogP contribution in [0.25, 0.3) is 11.1 Å². The Morgan fingerprint density at radius 1 is 0.900 bits per heavy atom. The molecule has 2 aromatic rings. The molecule has 0 radical (unpaired) electrons. The predicted molar refractivity (Wildman–Crippen MR) is 83.3 cm³/mol. The third kappa shape index (κ3) is 2.07. The molecule has 0 aliphatic heterocycles. The van der Waals surface area contributed by atoms with E-state index >= 15 is 0 Å². The first-order valence-corrected chi connectivity index (χ1v) is 7.51. The average Bonchev–Trinajstić information content (AvgIpc) is 2.88. The zero-order chi connectivity index (χ0) is 14.1. The van der Waals surface area contributed by atoms with E-state index < -0.39 is 0 Å². The third-order valence-electron chi connectivity index (χ3n) is 4.33. The highest BCUT2D eigenvalue weighted by atomic mass is 16.1. The molecule has 0 aromatic heterocycles. The van der Waals surface area contributed by atoms with Gasteiger partial charge in [0.15, 0.2) is 5.78 Å². The molecule has 0 fully saturated rings. The summed E-state index contributed by atoms with van der Waals surface area (Å²) in [5.74, 6) is 0.298. The lowest BCUT2D eigenvalue weighted by Gasteiger charge is -2.14. The monoisotopic (exact) mass is 264 g/mol. The zero-order valence-electron chi connectivity index (χ0n) is 12.2. The van der Waals surface area contributed by atoms with E-state index in [0.29, 0.717) is 12.2 Å². The van der Waals surface area contributed by atoms with E-state index in [1.54, 1.807) is 0 Å². The van der Waals surface area contributed by atoms with Gasteiger partial charge in [0.2, 0.25) is 0 Å². The van der Waals surface area contributed by atoms with Crippen LogP contribution < -0.4 is 0 Å². The van der Waals surface area contributed by atoms with E-state index in [9.17, 15) is 4.79 Å². The van der Waals surface area contributed by atoms with Gasteiger partial charge in [0.05, 0.1) is 0 Å². The van der Waals surface area contributed by atoms with Crippen LogP contribution in [0.15, 0.2) is 36.4 Å². The minimum Gasteiger partial charge on any atom is -0.294 e. The van der Waals surface area contributed by atoms with Crippen LogP contribution >= 0.6 is 0 Å². The second-order valence-corrected chi connectivity index (χ2v) is 5.45. The van der Waals surface area contributed by atoms with Crippen LogP contribution in [0.4, 0.5) is 0 Å². The number of fused-ring (bicyclic) bond motifs is 1. The number of hydrogen-bond acceptors (Lipinski definition) is 1. The summed E-state index contributed by atoms with van der Waals surface area (Å²) in [6.45, 7) is 4.38. The maximum atomic E-state index is 11.9. The summed E-state index contributed by atoms with van der Waals surface area (Å²) < 4.78 is 0. The molecule has 2 aromatic carbocycles. The standard InChI is InChI=1S/C19H20O/c1-3-13-8-9-14(4-2)18(12-13)15-6-5-7-17-16(15)10-11-19(17)20/h5-9,12H,3-4,10-11H2,1-2H3. The van der Waals surface area contributed by atoms with Crippen molar-refractivity contribution in [2.24, 2.45) is 0 Å². The summed E-state index contributed by atoms with van der Waals surface area (Å²) in [5.41, 5.74) is 7.50. The van der Waals surface area contributed by atoms with E-state index in [1.165, 1.54) is 27.8 Å².